The topological polar surface area (TPSA) is 72.3 Å². The Morgan fingerprint density at radius 3 is 3.15 bits per heavy atom. The van der Waals surface area contributed by atoms with E-state index in [0.29, 0.717) is 25.6 Å². The van der Waals surface area contributed by atoms with Gasteiger partial charge >= 0.3 is 0 Å². The van der Waals surface area contributed by atoms with Crippen molar-refractivity contribution in [2.45, 2.75) is 18.8 Å². The normalized spacial score (nSPS) is 19.3. The first-order valence-electron chi connectivity index (χ1n) is 7.03. The van der Waals surface area contributed by atoms with E-state index in [4.69, 9.17) is 4.74 Å². The van der Waals surface area contributed by atoms with Crippen LogP contribution in [0.5, 0.6) is 0 Å². The van der Waals surface area contributed by atoms with Crippen molar-refractivity contribution in [2.75, 3.05) is 39.9 Å². The fourth-order valence-corrected chi connectivity index (χ4v) is 2.56. The van der Waals surface area contributed by atoms with E-state index in [1.165, 1.54) is 0 Å². The van der Waals surface area contributed by atoms with Gasteiger partial charge in [0.2, 0.25) is 5.91 Å². The molecule has 20 heavy (non-hydrogen) atoms. The van der Waals surface area contributed by atoms with Crippen molar-refractivity contribution in [2.24, 2.45) is 7.05 Å². The molecule has 1 aliphatic heterocycles. The molecule has 1 saturated heterocycles. The minimum absolute atomic E-state index is 0.146. The molecule has 0 aliphatic carbocycles. The average molecular weight is 281 g/mol. The van der Waals surface area contributed by atoms with Crippen LogP contribution in [0, 0.1) is 0 Å². The number of carbonyl (C=O) groups is 1. The lowest BCUT2D eigenvalue weighted by Crippen LogP contribution is -2.44. The number of piperidine rings is 1. The first-order chi connectivity index (χ1) is 9.72. The van der Waals surface area contributed by atoms with Crippen molar-refractivity contribution >= 4 is 5.91 Å². The fourth-order valence-electron chi connectivity index (χ4n) is 2.56. The van der Waals surface area contributed by atoms with Crippen LogP contribution in [0.2, 0.25) is 0 Å². The summed E-state index contributed by atoms with van der Waals surface area (Å²) >= 11 is 0. The maximum Gasteiger partial charge on any atom is 0.236 e. The standard InChI is InChI=1S/C13H23N5O2/c1-17-10-15-16-13(17)11-4-3-6-18(9-11)12(19)8-14-5-7-20-2/h10-11,14H,3-9H2,1-2H3. The van der Waals surface area contributed by atoms with Crippen LogP contribution in [0.1, 0.15) is 24.6 Å². The van der Waals surface area contributed by atoms with E-state index in [1.54, 1.807) is 13.4 Å². The highest BCUT2D eigenvalue weighted by molar-refractivity contribution is 5.78. The van der Waals surface area contributed by atoms with Crippen molar-refractivity contribution in [3.05, 3.63) is 12.2 Å². The largest absolute Gasteiger partial charge is 0.383 e. The van der Waals surface area contributed by atoms with Crippen LogP contribution >= 0.6 is 0 Å². The van der Waals surface area contributed by atoms with Crippen LogP contribution in [-0.4, -0.2) is 65.5 Å². The van der Waals surface area contributed by atoms with E-state index in [9.17, 15) is 4.79 Å². The molecule has 1 aromatic heterocycles. The molecule has 1 fully saturated rings. The Kier molecular flexibility index (Phi) is 5.49. The Hall–Kier alpha value is -1.47. The Balaban J connectivity index is 1.84. The molecule has 0 aromatic carbocycles. The molecule has 0 radical (unpaired) electrons. The molecule has 1 N–H and O–H groups in total. The Labute approximate surface area is 119 Å². The minimum Gasteiger partial charge on any atom is -0.383 e. The van der Waals surface area contributed by atoms with Gasteiger partial charge in [-0.3, -0.25) is 4.79 Å². The lowest BCUT2D eigenvalue weighted by Gasteiger charge is -2.32. The minimum atomic E-state index is 0.146. The van der Waals surface area contributed by atoms with Crippen LogP contribution in [0.15, 0.2) is 6.33 Å². The molecule has 112 valence electrons. The molecule has 1 aromatic rings. The number of hydrogen-bond donors (Lipinski definition) is 1. The van der Waals surface area contributed by atoms with E-state index in [1.807, 2.05) is 16.5 Å². The van der Waals surface area contributed by atoms with Gasteiger partial charge in [0, 0.05) is 39.7 Å². The lowest BCUT2D eigenvalue weighted by atomic mass is 9.97. The number of ether oxygens (including phenoxy) is 1. The third-order valence-corrected chi connectivity index (χ3v) is 3.64. The van der Waals surface area contributed by atoms with E-state index in [0.717, 1.165) is 31.8 Å². The molecule has 1 amide bonds. The van der Waals surface area contributed by atoms with Gasteiger partial charge in [-0.05, 0) is 12.8 Å². The summed E-state index contributed by atoms with van der Waals surface area (Å²) < 4.78 is 6.88. The van der Waals surface area contributed by atoms with Gasteiger partial charge in [-0.2, -0.15) is 0 Å². The van der Waals surface area contributed by atoms with E-state index in [-0.39, 0.29) is 5.91 Å². The number of nitrogens with zero attached hydrogens (tertiary/aromatic N) is 4. The first-order valence-corrected chi connectivity index (χ1v) is 7.03. The summed E-state index contributed by atoms with van der Waals surface area (Å²) in [5.74, 6) is 1.40. The summed E-state index contributed by atoms with van der Waals surface area (Å²) in [6, 6.07) is 0. The predicted octanol–water partition coefficient (Wildman–Crippen LogP) is -0.243. The second kappa shape index (κ2) is 7.35. The number of methoxy groups -OCH3 is 1. The Bertz CT molecular complexity index is 434. The van der Waals surface area contributed by atoms with Gasteiger partial charge in [0.25, 0.3) is 0 Å². The number of nitrogens with one attached hydrogen (secondary N) is 1. The summed E-state index contributed by atoms with van der Waals surface area (Å²) in [5, 5.41) is 11.2. The summed E-state index contributed by atoms with van der Waals surface area (Å²) in [7, 11) is 3.60. The smallest absolute Gasteiger partial charge is 0.236 e. The second-order valence-electron chi connectivity index (χ2n) is 5.15. The summed E-state index contributed by atoms with van der Waals surface area (Å²) in [6.07, 6.45) is 3.79. The molecular formula is C13H23N5O2. The molecule has 7 nitrogen and oxygen atoms in total. The second-order valence-corrected chi connectivity index (χ2v) is 5.15. The number of likely N-dealkylation sites (tertiary alicyclic amines) is 1. The molecule has 1 unspecified atom stereocenters. The van der Waals surface area contributed by atoms with Crippen LogP contribution < -0.4 is 5.32 Å². The van der Waals surface area contributed by atoms with Crippen molar-refractivity contribution in [3.8, 4) is 0 Å². The van der Waals surface area contributed by atoms with Crippen molar-refractivity contribution in [1.29, 1.82) is 0 Å². The van der Waals surface area contributed by atoms with Crippen molar-refractivity contribution in [1.82, 2.24) is 25.0 Å². The third-order valence-electron chi connectivity index (χ3n) is 3.64. The summed E-state index contributed by atoms with van der Waals surface area (Å²) in [6.45, 7) is 3.25. The quantitative estimate of drug-likeness (QED) is 0.729. The number of aryl methyl sites for hydroxylation is 1. The SMILES string of the molecule is COCCNCC(=O)N1CCCC(c2nncn2C)C1. The Morgan fingerprint density at radius 2 is 2.45 bits per heavy atom. The maximum atomic E-state index is 12.1. The zero-order valence-corrected chi connectivity index (χ0v) is 12.2. The van der Waals surface area contributed by atoms with Gasteiger partial charge < -0.3 is 19.5 Å². The number of rotatable bonds is 6. The highest BCUT2D eigenvalue weighted by Gasteiger charge is 2.26. The molecule has 7 heteroatoms. The van der Waals surface area contributed by atoms with E-state index < -0.39 is 0 Å². The highest BCUT2D eigenvalue weighted by atomic mass is 16.5. The van der Waals surface area contributed by atoms with Gasteiger partial charge in [-0.1, -0.05) is 0 Å². The zero-order chi connectivity index (χ0) is 14.4. The molecule has 2 heterocycles. The predicted molar refractivity (Wildman–Crippen MR) is 74.3 cm³/mol. The molecule has 2 rings (SSSR count). The zero-order valence-electron chi connectivity index (χ0n) is 12.2. The molecule has 0 bridgehead atoms. The van der Waals surface area contributed by atoms with Crippen molar-refractivity contribution in [3.63, 3.8) is 0 Å². The van der Waals surface area contributed by atoms with E-state index in [2.05, 4.69) is 15.5 Å². The maximum absolute atomic E-state index is 12.1. The number of amides is 1. The van der Waals surface area contributed by atoms with Gasteiger partial charge in [-0.25, -0.2) is 0 Å². The van der Waals surface area contributed by atoms with Gasteiger partial charge in [0.05, 0.1) is 13.2 Å². The third kappa shape index (κ3) is 3.77. The number of carbonyl (C=O) groups excluding carboxylic acids is 1. The Morgan fingerprint density at radius 1 is 1.60 bits per heavy atom. The molecule has 1 aliphatic rings. The van der Waals surface area contributed by atoms with Crippen LogP contribution in [-0.2, 0) is 16.6 Å². The van der Waals surface area contributed by atoms with Crippen LogP contribution in [0.3, 0.4) is 0 Å². The first kappa shape index (κ1) is 14.9. The van der Waals surface area contributed by atoms with Gasteiger partial charge in [0.15, 0.2) is 0 Å². The fraction of sp³-hybridized carbons (Fsp3) is 0.769. The lowest BCUT2D eigenvalue weighted by molar-refractivity contribution is -0.131. The molecule has 0 saturated carbocycles. The van der Waals surface area contributed by atoms with Gasteiger partial charge in [0.1, 0.15) is 12.2 Å². The van der Waals surface area contributed by atoms with Crippen LogP contribution in [0.25, 0.3) is 0 Å². The highest BCUT2D eigenvalue weighted by Crippen LogP contribution is 2.24. The monoisotopic (exact) mass is 281 g/mol. The van der Waals surface area contributed by atoms with Crippen molar-refractivity contribution < 1.29 is 9.53 Å². The van der Waals surface area contributed by atoms with E-state index >= 15 is 0 Å². The van der Waals surface area contributed by atoms with Gasteiger partial charge in [-0.15, -0.1) is 10.2 Å². The molecular weight excluding hydrogens is 258 g/mol. The molecule has 1 atom stereocenters. The average Bonchev–Trinajstić information content (AvgIpc) is 2.90. The summed E-state index contributed by atoms with van der Waals surface area (Å²) in [4.78, 5) is 14.1. The molecule has 0 spiro atoms. The van der Waals surface area contributed by atoms with Crippen LogP contribution in [0.4, 0.5) is 0 Å². The number of aromatic nitrogens is 3. The number of hydrogen-bond acceptors (Lipinski definition) is 5. The summed E-state index contributed by atoms with van der Waals surface area (Å²) in [5.41, 5.74) is 0.